The van der Waals surface area contributed by atoms with Crippen molar-refractivity contribution in [3.05, 3.63) is 59.7 Å². The zero-order valence-corrected chi connectivity index (χ0v) is 18.4. The number of aromatic hydroxyl groups is 2. The van der Waals surface area contributed by atoms with Crippen molar-refractivity contribution in [3.63, 3.8) is 0 Å². The number of carbonyl (C=O) groups excluding carboxylic acids is 1. The lowest BCUT2D eigenvalue weighted by atomic mass is 9.91. The highest BCUT2D eigenvalue weighted by Crippen LogP contribution is 2.32. The monoisotopic (exact) mass is 462 g/mol. The molecule has 0 aliphatic heterocycles. The molecule has 0 amide bonds. The van der Waals surface area contributed by atoms with Crippen LogP contribution in [0.4, 0.5) is 0 Å². The predicted octanol–water partition coefficient (Wildman–Crippen LogP) is 1.54. The van der Waals surface area contributed by atoms with Gasteiger partial charge in [0.15, 0.2) is 12.4 Å². The quantitative estimate of drug-likeness (QED) is 0.215. The number of carbonyl (C=O) groups is 2. The normalized spacial score (nSPS) is 15.2. The van der Waals surface area contributed by atoms with Gasteiger partial charge < -0.3 is 40.5 Å². The summed E-state index contributed by atoms with van der Waals surface area (Å²) in [5.41, 5.74) is 4.82. The minimum absolute atomic E-state index is 0.0809. The first-order valence-electron chi connectivity index (χ1n) is 10.3. The maximum atomic E-state index is 10.1. The molecule has 0 radical (unpaired) electrons. The van der Waals surface area contributed by atoms with Gasteiger partial charge in [0.2, 0.25) is 0 Å². The fourth-order valence-corrected chi connectivity index (χ4v) is 3.12. The van der Waals surface area contributed by atoms with E-state index in [4.69, 9.17) is 25.5 Å². The van der Waals surface area contributed by atoms with Crippen LogP contribution in [-0.2, 0) is 9.59 Å². The largest absolute Gasteiger partial charge is 0.508 e. The second-order valence-corrected chi connectivity index (χ2v) is 7.15. The Kier molecular flexibility index (Phi) is 11.2. The molecule has 9 nitrogen and oxygen atoms in total. The lowest BCUT2D eigenvalue weighted by Gasteiger charge is -2.21. The second kappa shape index (κ2) is 13.3. The van der Waals surface area contributed by atoms with Crippen molar-refractivity contribution in [1.82, 2.24) is 0 Å². The summed E-state index contributed by atoms with van der Waals surface area (Å²) < 4.78 is 0. The molecule has 0 spiro atoms. The summed E-state index contributed by atoms with van der Waals surface area (Å²) in [4.78, 5) is 20.0. The molecule has 4 atom stereocenters. The third-order valence-corrected chi connectivity index (χ3v) is 4.92. The Labute approximate surface area is 191 Å². The third kappa shape index (κ3) is 7.99. The Bertz CT molecular complexity index is 864. The zero-order valence-electron chi connectivity index (χ0n) is 18.4. The first-order chi connectivity index (χ1) is 15.6. The van der Waals surface area contributed by atoms with E-state index < -0.39 is 30.4 Å². The second-order valence-electron chi connectivity index (χ2n) is 7.15. The van der Waals surface area contributed by atoms with Gasteiger partial charge in [-0.2, -0.15) is 0 Å². The maximum Gasteiger partial charge on any atom is 0.335 e. The number of aldehydes is 1. The predicted molar refractivity (Wildman–Crippen MR) is 121 cm³/mol. The smallest absolute Gasteiger partial charge is 0.335 e. The molecule has 0 heterocycles. The molecule has 2 rings (SSSR count). The molecule has 0 aromatic heterocycles. The van der Waals surface area contributed by atoms with Gasteiger partial charge in [0.05, 0.1) is 0 Å². The van der Waals surface area contributed by atoms with Crippen LogP contribution in [0.25, 0.3) is 11.1 Å². The highest BCUT2D eigenvalue weighted by Gasteiger charge is 2.34. The number of hydrogen-bond donors (Lipinski definition) is 7. The van der Waals surface area contributed by atoms with Crippen molar-refractivity contribution < 1.29 is 45.3 Å². The average molecular weight is 462 g/mol. The molecule has 9 heteroatoms. The molecule has 0 aliphatic carbocycles. The first kappa shape index (κ1) is 27.8. The van der Waals surface area contributed by atoms with Crippen molar-refractivity contribution in [2.75, 3.05) is 0 Å². The fourth-order valence-electron chi connectivity index (χ4n) is 3.12. The van der Waals surface area contributed by atoms with Crippen LogP contribution in [0.2, 0.25) is 0 Å². The Morgan fingerprint density at radius 2 is 1.12 bits per heavy atom. The summed E-state index contributed by atoms with van der Waals surface area (Å²) in [7, 11) is 0. The highest BCUT2D eigenvalue weighted by atomic mass is 16.4. The first-order valence-corrected chi connectivity index (χ1v) is 10.3. The number of phenols is 2. The lowest BCUT2D eigenvalue weighted by molar-refractivity contribution is -0.163. The molecule has 33 heavy (non-hydrogen) atoms. The number of allylic oxidation sites excluding steroid dienone is 2. The minimum atomic E-state index is -2.25. The van der Waals surface area contributed by atoms with Gasteiger partial charge in [0.25, 0.3) is 0 Å². The Morgan fingerprint density at radius 3 is 1.39 bits per heavy atom. The molecule has 0 saturated heterocycles. The van der Waals surface area contributed by atoms with E-state index in [0.717, 1.165) is 24.0 Å². The van der Waals surface area contributed by atoms with E-state index in [0.29, 0.717) is 0 Å². The van der Waals surface area contributed by atoms with Crippen molar-refractivity contribution in [3.8, 4) is 11.5 Å². The van der Waals surface area contributed by atoms with Gasteiger partial charge in [0, 0.05) is 0 Å². The van der Waals surface area contributed by atoms with Crippen molar-refractivity contribution in [2.24, 2.45) is 0 Å². The van der Waals surface area contributed by atoms with Gasteiger partial charge >= 0.3 is 5.97 Å². The number of benzene rings is 2. The lowest BCUT2D eigenvalue weighted by Crippen LogP contribution is -2.48. The molecule has 7 N–H and O–H groups in total. The van der Waals surface area contributed by atoms with E-state index >= 15 is 0 Å². The van der Waals surface area contributed by atoms with E-state index in [1.807, 2.05) is 24.3 Å². The van der Waals surface area contributed by atoms with Gasteiger partial charge in [-0.3, -0.25) is 0 Å². The number of carboxylic acid groups (broad SMARTS) is 1. The molecule has 2 aromatic rings. The maximum absolute atomic E-state index is 10.1. The Morgan fingerprint density at radius 1 is 0.758 bits per heavy atom. The van der Waals surface area contributed by atoms with Gasteiger partial charge in [-0.05, 0) is 59.4 Å². The molecule has 0 bridgehead atoms. The molecular formula is C24H30O9. The molecule has 4 unspecified atom stereocenters. The van der Waals surface area contributed by atoms with Crippen molar-refractivity contribution >= 4 is 23.4 Å². The van der Waals surface area contributed by atoms with Gasteiger partial charge in [-0.25, -0.2) is 4.79 Å². The van der Waals surface area contributed by atoms with Crippen LogP contribution in [0.15, 0.2) is 48.5 Å². The summed E-state index contributed by atoms with van der Waals surface area (Å²) in [6.45, 7) is 4.27. The van der Waals surface area contributed by atoms with E-state index in [2.05, 4.69) is 13.8 Å². The summed E-state index contributed by atoms with van der Waals surface area (Å²) in [6.07, 6.45) is -6.54. The van der Waals surface area contributed by atoms with Crippen LogP contribution >= 0.6 is 0 Å². The number of carboxylic acids is 1. The van der Waals surface area contributed by atoms with E-state index in [9.17, 15) is 19.8 Å². The average Bonchev–Trinajstić information content (AvgIpc) is 2.82. The number of hydrogen-bond acceptors (Lipinski definition) is 8. The summed E-state index contributed by atoms with van der Waals surface area (Å²) in [5.74, 6) is -1.19. The van der Waals surface area contributed by atoms with Crippen LogP contribution in [0.5, 0.6) is 11.5 Å². The summed E-state index contributed by atoms with van der Waals surface area (Å²) in [6, 6.07) is 14.7. The topological polar surface area (TPSA) is 176 Å². The number of aliphatic hydroxyl groups is 4. The van der Waals surface area contributed by atoms with Crippen LogP contribution in [0.1, 0.15) is 37.8 Å². The van der Waals surface area contributed by atoms with Gasteiger partial charge in [-0.15, -0.1) is 0 Å². The van der Waals surface area contributed by atoms with Crippen molar-refractivity contribution in [2.45, 2.75) is 51.1 Å². The number of aliphatic hydroxyl groups excluding tert-OH is 4. The van der Waals surface area contributed by atoms with Crippen LogP contribution in [0.3, 0.4) is 0 Å². The third-order valence-electron chi connectivity index (χ3n) is 4.92. The summed E-state index contributed by atoms with van der Waals surface area (Å²) >= 11 is 0. The van der Waals surface area contributed by atoms with E-state index in [1.54, 1.807) is 24.3 Å². The SMILES string of the molecule is CC/C(=C(/CC)c1ccc(O)cc1)c1ccc(O)cc1.O=CC(O)C(O)C(O)C(O)C(=O)O. The van der Waals surface area contributed by atoms with Crippen LogP contribution < -0.4 is 0 Å². The zero-order chi connectivity index (χ0) is 25.1. The minimum Gasteiger partial charge on any atom is -0.508 e. The van der Waals surface area contributed by atoms with Gasteiger partial charge in [0.1, 0.15) is 29.8 Å². The number of rotatable bonds is 9. The molecule has 180 valence electrons. The molecule has 0 aliphatic rings. The Hall–Kier alpha value is -3.24. The molecular weight excluding hydrogens is 432 g/mol. The van der Waals surface area contributed by atoms with Crippen LogP contribution in [0, 0.1) is 0 Å². The number of aliphatic carboxylic acids is 1. The molecule has 0 fully saturated rings. The van der Waals surface area contributed by atoms with E-state index in [-0.39, 0.29) is 17.8 Å². The Balaban J connectivity index is 0.000000366. The van der Waals surface area contributed by atoms with Crippen LogP contribution in [-0.4, -0.2) is 72.4 Å². The molecule has 2 aromatic carbocycles. The van der Waals surface area contributed by atoms with Gasteiger partial charge in [-0.1, -0.05) is 38.1 Å². The van der Waals surface area contributed by atoms with Crippen molar-refractivity contribution in [1.29, 1.82) is 0 Å². The van der Waals surface area contributed by atoms with E-state index in [1.165, 1.54) is 11.1 Å². The fraction of sp³-hybridized carbons (Fsp3) is 0.333. The molecule has 0 saturated carbocycles. The summed E-state index contributed by atoms with van der Waals surface area (Å²) in [5, 5.41) is 62.0. The highest BCUT2D eigenvalue weighted by molar-refractivity contribution is 5.90. The standard InChI is InChI=1S/C18H20O2.C6H10O7/c1-3-17(13-5-9-15(19)10-6-13)18(4-2)14-7-11-16(20)12-8-14;7-1-2(8)3(9)4(10)5(11)6(12)13/h5-12,19-20H,3-4H2,1-2H3;1-5,8-11H,(H,12,13)/b18-17+;. The number of phenolic OH excluding ortho intramolecular Hbond substituents is 2.